The van der Waals surface area contributed by atoms with Crippen LogP contribution in [-0.2, 0) is 13.1 Å². The van der Waals surface area contributed by atoms with Gasteiger partial charge in [-0.3, -0.25) is 4.90 Å². The molecule has 1 saturated heterocycles. The van der Waals surface area contributed by atoms with Crippen LogP contribution < -0.4 is 10.1 Å². The monoisotopic (exact) mass is 285 g/mol. The van der Waals surface area contributed by atoms with Crippen LogP contribution in [-0.4, -0.2) is 47.7 Å². The Hall–Kier alpha value is -2.10. The van der Waals surface area contributed by atoms with Gasteiger partial charge in [-0.15, -0.1) is 0 Å². The minimum atomic E-state index is 0.324. The molecule has 3 rings (SSSR count). The Bertz CT molecular complexity index is 666. The van der Waals surface area contributed by atoms with Crippen molar-refractivity contribution in [3.63, 3.8) is 0 Å². The van der Waals surface area contributed by atoms with Crippen LogP contribution in [0.3, 0.4) is 0 Å². The van der Waals surface area contributed by atoms with E-state index in [1.165, 1.54) is 0 Å². The van der Waals surface area contributed by atoms with E-state index in [0.717, 1.165) is 55.3 Å². The predicted octanol–water partition coefficient (Wildman–Crippen LogP) is 0.974. The average molecular weight is 285 g/mol. The minimum Gasteiger partial charge on any atom is -0.497 e. The van der Waals surface area contributed by atoms with Crippen LogP contribution in [0.15, 0.2) is 18.2 Å². The van der Waals surface area contributed by atoms with E-state index < -0.39 is 0 Å². The Labute approximate surface area is 123 Å². The lowest BCUT2D eigenvalue weighted by Gasteiger charge is -2.26. The third-order valence-electron chi connectivity index (χ3n) is 3.84. The third kappa shape index (κ3) is 2.84. The maximum Gasteiger partial charge on any atom is 0.125 e. The molecule has 0 amide bonds. The maximum atomic E-state index is 9.08. The van der Waals surface area contributed by atoms with E-state index in [9.17, 15) is 0 Å². The molecule has 2 heterocycles. The highest BCUT2D eigenvalue weighted by Gasteiger charge is 2.16. The fourth-order valence-corrected chi connectivity index (χ4v) is 2.72. The van der Waals surface area contributed by atoms with Crippen molar-refractivity contribution >= 4 is 11.0 Å². The molecule has 1 aliphatic rings. The number of ether oxygens (including phenoxy) is 1. The summed E-state index contributed by atoms with van der Waals surface area (Å²) in [6.07, 6.45) is 0. The minimum absolute atomic E-state index is 0.324. The Kier molecular flexibility index (Phi) is 4.04. The van der Waals surface area contributed by atoms with Crippen molar-refractivity contribution in [3.05, 3.63) is 24.0 Å². The van der Waals surface area contributed by atoms with E-state index in [0.29, 0.717) is 6.54 Å². The Morgan fingerprint density at radius 2 is 2.19 bits per heavy atom. The first-order valence-electron chi connectivity index (χ1n) is 7.15. The summed E-state index contributed by atoms with van der Waals surface area (Å²) < 4.78 is 7.25. The van der Waals surface area contributed by atoms with Crippen molar-refractivity contribution < 1.29 is 4.74 Å². The maximum absolute atomic E-state index is 9.08. The largest absolute Gasteiger partial charge is 0.497 e. The fraction of sp³-hybridized carbons (Fsp3) is 0.467. The molecule has 1 aromatic carbocycles. The number of nitrogens with one attached hydrogen (secondary N) is 1. The molecule has 1 fully saturated rings. The van der Waals surface area contributed by atoms with Gasteiger partial charge in [-0.2, -0.15) is 5.26 Å². The molecule has 0 radical (unpaired) electrons. The van der Waals surface area contributed by atoms with Crippen LogP contribution in [0.4, 0.5) is 0 Å². The molecule has 0 aliphatic carbocycles. The number of methoxy groups -OCH3 is 1. The second-order valence-corrected chi connectivity index (χ2v) is 5.15. The standard InChI is InChI=1S/C15H19N5O/c1-21-12-2-3-14-13(10-12)18-15(20(14)7-4-16)11-19-8-5-17-6-9-19/h2-3,10,17H,5-9,11H2,1H3. The lowest BCUT2D eigenvalue weighted by Crippen LogP contribution is -2.43. The van der Waals surface area contributed by atoms with E-state index in [1.807, 2.05) is 22.8 Å². The van der Waals surface area contributed by atoms with Gasteiger partial charge in [-0.1, -0.05) is 0 Å². The van der Waals surface area contributed by atoms with Crippen molar-refractivity contribution in [2.24, 2.45) is 0 Å². The SMILES string of the molecule is COc1ccc2c(c1)nc(CN1CCNCC1)n2CC#N. The fourth-order valence-electron chi connectivity index (χ4n) is 2.72. The molecular formula is C15H19N5O. The molecule has 2 aromatic rings. The predicted molar refractivity (Wildman–Crippen MR) is 80.0 cm³/mol. The number of imidazole rings is 1. The number of fused-ring (bicyclic) bond motifs is 1. The summed E-state index contributed by atoms with van der Waals surface area (Å²) in [4.78, 5) is 7.07. The third-order valence-corrected chi connectivity index (χ3v) is 3.84. The van der Waals surface area contributed by atoms with Crippen LogP contribution in [0, 0.1) is 11.3 Å². The molecule has 0 bridgehead atoms. The zero-order valence-corrected chi connectivity index (χ0v) is 12.2. The number of hydrogen-bond donors (Lipinski definition) is 1. The number of benzene rings is 1. The molecule has 110 valence electrons. The number of rotatable bonds is 4. The second kappa shape index (κ2) is 6.12. The van der Waals surface area contributed by atoms with Gasteiger partial charge in [0.05, 0.1) is 30.8 Å². The first-order valence-corrected chi connectivity index (χ1v) is 7.15. The van der Waals surface area contributed by atoms with Gasteiger partial charge in [0, 0.05) is 32.2 Å². The summed E-state index contributed by atoms with van der Waals surface area (Å²) in [7, 11) is 1.65. The van der Waals surface area contributed by atoms with Gasteiger partial charge in [0.1, 0.15) is 18.1 Å². The van der Waals surface area contributed by atoms with Crippen molar-refractivity contribution in [1.29, 1.82) is 5.26 Å². The molecule has 1 N–H and O–H groups in total. The Morgan fingerprint density at radius 3 is 2.90 bits per heavy atom. The van der Waals surface area contributed by atoms with Crippen molar-refractivity contribution in [2.75, 3.05) is 33.3 Å². The zero-order valence-electron chi connectivity index (χ0n) is 12.2. The molecule has 1 aromatic heterocycles. The van der Waals surface area contributed by atoms with Crippen LogP contribution in [0.1, 0.15) is 5.82 Å². The number of piperazine rings is 1. The average Bonchev–Trinajstić information content (AvgIpc) is 2.85. The van der Waals surface area contributed by atoms with Crippen molar-refractivity contribution in [3.8, 4) is 11.8 Å². The van der Waals surface area contributed by atoms with Gasteiger partial charge in [0.25, 0.3) is 0 Å². The highest BCUT2D eigenvalue weighted by atomic mass is 16.5. The highest BCUT2D eigenvalue weighted by molar-refractivity contribution is 5.78. The Balaban J connectivity index is 1.95. The van der Waals surface area contributed by atoms with Crippen LogP contribution in [0.25, 0.3) is 11.0 Å². The molecule has 6 nitrogen and oxygen atoms in total. The molecule has 0 atom stereocenters. The normalized spacial score (nSPS) is 16.0. The van der Waals surface area contributed by atoms with Gasteiger partial charge in [-0.25, -0.2) is 4.98 Å². The number of nitrogens with zero attached hydrogens (tertiary/aromatic N) is 4. The summed E-state index contributed by atoms with van der Waals surface area (Å²) in [5.74, 6) is 1.74. The van der Waals surface area contributed by atoms with E-state index in [4.69, 9.17) is 15.0 Å². The summed E-state index contributed by atoms with van der Waals surface area (Å²) in [6.45, 7) is 5.14. The number of hydrogen-bond acceptors (Lipinski definition) is 5. The summed E-state index contributed by atoms with van der Waals surface area (Å²) in [5, 5.41) is 12.4. The van der Waals surface area contributed by atoms with Crippen LogP contribution in [0.5, 0.6) is 5.75 Å². The smallest absolute Gasteiger partial charge is 0.125 e. The van der Waals surface area contributed by atoms with Gasteiger partial charge in [0.2, 0.25) is 0 Å². The number of nitriles is 1. The zero-order chi connectivity index (χ0) is 14.7. The summed E-state index contributed by atoms with van der Waals surface area (Å²) in [6, 6.07) is 8.03. The van der Waals surface area contributed by atoms with E-state index >= 15 is 0 Å². The van der Waals surface area contributed by atoms with Gasteiger partial charge in [-0.05, 0) is 12.1 Å². The topological polar surface area (TPSA) is 66.1 Å². The van der Waals surface area contributed by atoms with Crippen LogP contribution in [0.2, 0.25) is 0 Å². The molecule has 0 spiro atoms. The first-order chi connectivity index (χ1) is 10.3. The van der Waals surface area contributed by atoms with Crippen molar-refractivity contribution in [2.45, 2.75) is 13.1 Å². The first kappa shape index (κ1) is 13.9. The molecule has 0 unspecified atom stereocenters. The molecule has 21 heavy (non-hydrogen) atoms. The van der Waals surface area contributed by atoms with Gasteiger partial charge >= 0.3 is 0 Å². The summed E-state index contributed by atoms with van der Waals surface area (Å²) in [5.41, 5.74) is 1.87. The van der Waals surface area contributed by atoms with E-state index in [-0.39, 0.29) is 0 Å². The molecule has 0 saturated carbocycles. The highest BCUT2D eigenvalue weighted by Crippen LogP contribution is 2.22. The van der Waals surface area contributed by atoms with Gasteiger partial charge < -0.3 is 14.6 Å². The molecule has 6 heteroatoms. The second-order valence-electron chi connectivity index (χ2n) is 5.15. The quantitative estimate of drug-likeness (QED) is 0.907. The van der Waals surface area contributed by atoms with E-state index in [1.54, 1.807) is 7.11 Å². The number of aromatic nitrogens is 2. The Morgan fingerprint density at radius 1 is 1.38 bits per heavy atom. The van der Waals surface area contributed by atoms with Crippen LogP contribution >= 0.6 is 0 Å². The van der Waals surface area contributed by atoms with Crippen molar-refractivity contribution in [1.82, 2.24) is 19.8 Å². The lowest BCUT2D eigenvalue weighted by molar-refractivity contribution is 0.226. The lowest BCUT2D eigenvalue weighted by atomic mass is 10.3. The van der Waals surface area contributed by atoms with E-state index in [2.05, 4.69) is 16.3 Å². The summed E-state index contributed by atoms with van der Waals surface area (Å²) >= 11 is 0. The van der Waals surface area contributed by atoms with Gasteiger partial charge in [0.15, 0.2) is 0 Å². The molecular weight excluding hydrogens is 266 g/mol. The molecule has 1 aliphatic heterocycles.